The summed E-state index contributed by atoms with van der Waals surface area (Å²) in [6, 6.07) is 7.11. The van der Waals surface area contributed by atoms with Crippen molar-refractivity contribution in [3.63, 3.8) is 0 Å². The second-order valence-electron chi connectivity index (χ2n) is 13.3. The number of hydrogen-bond donors (Lipinski definition) is 10. The van der Waals surface area contributed by atoms with Gasteiger partial charge in [0.05, 0.1) is 12.1 Å². The molecule has 53 heavy (non-hydrogen) atoms. The average molecular weight is 753 g/mol. The van der Waals surface area contributed by atoms with Crippen LogP contribution in [0.1, 0.15) is 51.2 Å². The molecule has 0 aliphatic rings. The van der Waals surface area contributed by atoms with Gasteiger partial charge in [-0.1, -0.05) is 44.2 Å². The van der Waals surface area contributed by atoms with Crippen molar-refractivity contribution in [2.45, 2.75) is 89.1 Å². The van der Waals surface area contributed by atoms with E-state index in [1.54, 1.807) is 32.2 Å². The number of benzene rings is 2. The molecule has 0 saturated heterocycles. The molecule has 0 bridgehead atoms. The fourth-order valence-corrected chi connectivity index (χ4v) is 5.76. The maximum Gasteiger partial charge on any atom is 0.244 e. The Kier molecular flexibility index (Phi) is 16.8. The van der Waals surface area contributed by atoms with Crippen molar-refractivity contribution in [3.8, 4) is 5.75 Å². The lowest BCUT2D eigenvalue weighted by Gasteiger charge is -2.27. The summed E-state index contributed by atoms with van der Waals surface area (Å²) in [6.45, 7) is 5.40. The lowest BCUT2D eigenvalue weighted by atomic mass is 10.0. The third kappa shape index (κ3) is 12.9. The molecule has 15 nitrogen and oxygen atoms in total. The highest BCUT2D eigenvalue weighted by Gasteiger charge is 2.33. The number of rotatable bonds is 21. The van der Waals surface area contributed by atoms with Gasteiger partial charge in [-0.3, -0.25) is 24.0 Å². The number of para-hydroxylation sites is 1. The van der Waals surface area contributed by atoms with Gasteiger partial charge in [-0.2, -0.15) is 12.6 Å². The van der Waals surface area contributed by atoms with E-state index in [1.165, 1.54) is 19.1 Å². The van der Waals surface area contributed by atoms with E-state index >= 15 is 0 Å². The van der Waals surface area contributed by atoms with Crippen LogP contribution in [-0.4, -0.2) is 94.5 Å². The van der Waals surface area contributed by atoms with Crippen LogP contribution in [0.15, 0.2) is 54.7 Å². The fourth-order valence-electron chi connectivity index (χ4n) is 5.51. The Morgan fingerprint density at radius 1 is 0.774 bits per heavy atom. The number of nitrogens with two attached hydrogens (primary N) is 2. The first-order chi connectivity index (χ1) is 25.3. The number of phenolic OH excluding ortho intramolecular Hbond substituents is 1. The van der Waals surface area contributed by atoms with Gasteiger partial charge in [-0.05, 0) is 68.0 Å². The monoisotopic (exact) mass is 752 g/mol. The number of unbranched alkanes of at least 4 members (excludes halogenated alkanes) is 1. The van der Waals surface area contributed by atoms with Gasteiger partial charge in [0, 0.05) is 35.7 Å². The third-order valence-electron chi connectivity index (χ3n) is 8.72. The van der Waals surface area contributed by atoms with Gasteiger partial charge in [0.15, 0.2) is 0 Å². The Labute approximate surface area is 314 Å². The first-order valence-electron chi connectivity index (χ1n) is 17.6. The number of H-pyrrole nitrogens is 1. The number of aromatic nitrogens is 1. The summed E-state index contributed by atoms with van der Waals surface area (Å²) >= 11 is 4.20. The predicted octanol–water partition coefficient (Wildman–Crippen LogP) is 0.344. The molecular weight excluding hydrogens is 701 g/mol. The van der Waals surface area contributed by atoms with Gasteiger partial charge in [0.1, 0.15) is 36.2 Å². The molecule has 3 aromatic rings. The summed E-state index contributed by atoms with van der Waals surface area (Å²) in [5.41, 5.74) is 13.5. The first kappa shape index (κ1) is 42.5. The van der Waals surface area contributed by atoms with E-state index in [9.17, 15) is 33.9 Å². The smallest absolute Gasteiger partial charge is 0.244 e. The lowest BCUT2D eigenvalue weighted by molar-refractivity contribution is -0.134. The van der Waals surface area contributed by atoms with Crippen LogP contribution >= 0.6 is 12.6 Å². The van der Waals surface area contributed by atoms with Crippen molar-refractivity contribution < 1.29 is 33.9 Å². The maximum absolute atomic E-state index is 14.2. The Balaban J connectivity index is 1.97. The summed E-state index contributed by atoms with van der Waals surface area (Å²) in [7, 11) is 0. The molecule has 288 valence electrons. The SMILES string of the molecule is CC(C)[C@@H](C=O)NC(=O)[C@H](CCCCN)NC(=O)[C@@H](Cc1c[nH]c2ccccc12)NC(=O)[C@H](Cc1ccc(O)cc1)NC(=O)[C@H](CS)NC(=O)[C@H](C)N. The van der Waals surface area contributed by atoms with Gasteiger partial charge >= 0.3 is 0 Å². The quantitative estimate of drug-likeness (QED) is 0.0409. The van der Waals surface area contributed by atoms with E-state index in [1.807, 2.05) is 24.3 Å². The number of carbonyl (C=O) groups is 6. The number of amides is 5. The van der Waals surface area contributed by atoms with Gasteiger partial charge in [0.25, 0.3) is 0 Å². The standard InChI is InChI=1S/C37H52N8O7S/c1-21(2)31(19-46)44-34(49)28(10-6-7-15-38)41-36(51)30(17-24-18-40-27-9-5-4-8-26(24)27)43-35(50)29(16-23-11-13-25(47)14-12-23)42-37(52)32(20-53)45-33(48)22(3)39/h4-5,8-9,11-14,18-19,21-22,28-32,40,47,53H,6-7,10,15-17,20,38-39H2,1-3H3,(H,41,51)(H,42,52)(H,43,50)(H,44,49)(H,45,48)/t22-,28-,29-,30+,31+,32-/m0/s1. The van der Waals surface area contributed by atoms with Crippen molar-refractivity contribution in [3.05, 3.63) is 65.9 Å². The molecule has 1 heterocycles. The molecule has 1 aromatic heterocycles. The molecule has 0 saturated carbocycles. The number of nitrogens with one attached hydrogen (secondary N) is 6. The van der Waals surface area contributed by atoms with Crippen LogP contribution in [-0.2, 0) is 41.6 Å². The molecule has 0 spiro atoms. The number of hydrogen-bond acceptors (Lipinski definition) is 10. The lowest BCUT2D eigenvalue weighted by Crippen LogP contribution is -2.60. The number of phenols is 1. The van der Waals surface area contributed by atoms with Crippen LogP contribution in [0.3, 0.4) is 0 Å². The fraction of sp³-hybridized carbons (Fsp3) is 0.459. The summed E-state index contributed by atoms with van der Waals surface area (Å²) in [5, 5.41) is 24.1. The molecule has 6 atom stereocenters. The molecule has 5 amide bonds. The zero-order valence-corrected chi connectivity index (χ0v) is 31.2. The Bertz CT molecular complexity index is 1700. The highest BCUT2D eigenvalue weighted by Crippen LogP contribution is 2.20. The van der Waals surface area contributed by atoms with E-state index in [2.05, 4.69) is 44.2 Å². The normalized spacial score (nSPS) is 14.6. The number of thiol groups is 1. The maximum atomic E-state index is 14.2. The van der Waals surface area contributed by atoms with Crippen molar-refractivity contribution >= 4 is 59.4 Å². The number of fused-ring (bicyclic) bond motifs is 1. The molecule has 0 aliphatic heterocycles. The zero-order chi connectivity index (χ0) is 39.1. The third-order valence-corrected chi connectivity index (χ3v) is 9.09. The number of aromatic amines is 1. The average Bonchev–Trinajstić information content (AvgIpc) is 3.54. The predicted molar refractivity (Wildman–Crippen MR) is 205 cm³/mol. The van der Waals surface area contributed by atoms with Gasteiger partial charge in [0.2, 0.25) is 29.5 Å². The molecule has 16 heteroatoms. The van der Waals surface area contributed by atoms with E-state index in [0.717, 1.165) is 10.9 Å². The molecule has 2 aromatic carbocycles. The minimum atomic E-state index is -1.26. The molecule has 0 radical (unpaired) electrons. The first-order valence-corrected chi connectivity index (χ1v) is 18.3. The minimum Gasteiger partial charge on any atom is -0.508 e. The Morgan fingerprint density at radius 2 is 1.34 bits per heavy atom. The molecule has 0 aliphatic carbocycles. The molecule has 0 unspecified atom stereocenters. The highest BCUT2D eigenvalue weighted by molar-refractivity contribution is 7.80. The van der Waals surface area contributed by atoms with E-state index < -0.39 is 65.8 Å². The van der Waals surface area contributed by atoms with Crippen molar-refractivity contribution in [1.29, 1.82) is 0 Å². The number of aromatic hydroxyl groups is 1. The topological polar surface area (TPSA) is 251 Å². The van der Waals surface area contributed by atoms with Gasteiger partial charge in [-0.15, -0.1) is 0 Å². The molecule has 0 fully saturated rings. The minimum absolute atomic E-state index is 0.000849. The van der Waals surface area contributed by atoms with Crippen molar-refractivity contribution in [1.82, 2.24) is 31.6 Å². The Hall–Kier alpha value is -4.93. The van der Waals surface area contributed by atoms with E-state index in [-0.39, 0.29) is 36.7 Å². The van der Waals surface area contributed by atoms with Gasteiger partial charge in [-0.25, -0.2) is 0 Å². The largest absolute Gasteiger partial charge is 0.508 e. The Morgan fingerprint density at radius 3 is 1.92 bits per heavy atom. The van der Waals surface area contributed by atoms with Crippen LogP contribution in [0.25, 0.3) is 10.9 Å². The number of carbonyl (C=O) groups excluding carboxylic acids is 6. The molecular formula is C37H52N8O7S. The van der Waals surface area contributed by atoms with Crippen LogP contribution in [0.4, 0.5) is 0 Å². The summed E-state index contributed by atoms with van der Waals surface area (Å²) in [6.07, 6.45) is 3.65. The summed E-state index contributed by atoms with van der Waals surface area (Å²) in [5.74, 6) is -3.55. The number of aldehydes is 1. The molecule has 11 N–H and O–H groups in total. The van der Waals surface area contributed by atoms with Crippen LogP contribution in [0.2, 0.25) is 0 Å². The summed E-state index contributed by atoms with van der Waals surface area (Å²) in [4.78, 5) is 82.3. The second-order valence-corrected chi connectivity index (χ2v) is 13.7. The molecule has 3 rings (SSSR count). The van der Waals surface area contributed by atoms with Crippen molar-refractivity contribution in [2.75, 3.05) is 12.3 Å². The van der Waals surface area contributed by atoms with Crippen LogP contribution in [0, 0.1) is 5.92 Å². The second kappa shape index (κ2) is 20.9. The summed E-state index contributed by atoms with van der Waals surface area (Å²) < 4.78 is 0. The van der Waals surface area contributed by atoms with Crippen molar-refractivity contribution in [2.24, 2.45) is 17.4 Å². The van der Waals surface area contributed by atoms with Crippen LogP contribution in [0.5, 0.6) is 5.75 Å². The van der Waals surface area contributed by atoms with Gasteiger partial charge < -0.3 is 52.9 Å². The van der Waals surface area contributed by atoms with Crippen LogP contribution < -0.4 is 38.1 Å². The highest BCUT2D eigenvalue weighted by atomic mass is 32.1. The van der Waals surface area contributed by atoms with E-state index in [0.29, 0.717) is 36.8 Å². The zero-order valence-electron chi connectivity index (χ0n) is 30.3. The van der Waals surface area contributed by atoms with E-state index in [4.69, 9.17) is 11.5 Å².